The summed E-state index contributed by atoms with van der Waals surface area (Å²) in [4.78, 5) is 11.6. The van der Waals surface area contributed by atoms with Gasteiger partial charge in [-0.3, -0.25) is 4.79 Å². The van der Waals surface area contributed by atoms with Gasteiger partial charge in [0.1, 0.15) is 5.75 Å². The molecule has 0 saturated carbocycles. The van der Waals surface area contributed by atoms with E-state index in [2.05, 4.69) is 30.5 Å². The molecule has 0 aromatic heterocycles. The Kier molecular flexibility index (Phi) is 8.43. The van der Waals surface area contributed by atoms with E-state index in [4.69, 9.17) is 4.74 Å². The van der Waals surface area contributed by atoms with Crippen molar-refractivity contribution in [2.75, 3.05) is 6.61 Å². The first kappa shape index (κ1) is 18.7. The van der Waals surface area contributed by atoms with Gasteiger partial charge in [-0.05, 0) is 58.7 Å². The topological polar surface area (TPSA) is 50.7 Å². The summed E-state index contributed by atoms with van der Waals surface area (Å²) in [7, 11) is 0. The van der Waals surface area contributed by atoms with E-state index in [0.717, 1.165) is 18.4 Å². The molecule has 1 aromatic carbocycles. The van der Waals surface area contributed by atoms with Crippen LogP contribution in [0.2, 0.25) is 0 Å². The average molecular weight is 314 g/mol. The van der Waals surface area contributed by atoms with Crippen molar-refractivity contribution in [2.45, 2.75) is 40.5 Å². The minimum atomic E-state index is -0.280. The molecule has 0 saturated heterocycles. The monoisotopic (exact) mass is 314 g/mol. The lowest BCUT2D eigenvalue weighted by atomic mass is 10.1. The smallest absolute Gasteiger partial charge is 0.277 e. The predicted octanol–water partition coefficient (Wildman–Crippen LogP) is 4.17. The lowest BCUT2D eigenvalue weighted by molar-refractivity contribution is -0.123. The highest BCUT2D eigenvalue weighted by molar-refractivity contribution is 5.79. The van der Waals surface area contributed by atoms with Crippen molar-refractivity contribution in [3.05, 3.63) is 53.1 Å². The van der Waals surface area contributed by atoms with Gasteiger partial charge < -0.3 is 4.74 Å². The minimum Gasteiger partial charge on any atom is -0.484 e. The highest BCUT2D eigenvalue weighted by Crippen LogP contribution is 2.10. The molecule has 0 radical (unpaired) electrons. The van der Waals surface area contributed by atoms with Gasteiger partial charge in [0.2, 0.25) is 0 Å². The third-order valence-electron chi connectivity index (χ3n) is 3.11. The van der Waals surface area contributed by atoms with E-state index < -0.39 is 0 Å². The lowest BCUT2D eigenvalue weighted by Crippen LogP contribution is -2.24. The van der Waals surface area contributed by atoms with E-state index in [0.29, 0.717) is 5.75 Å². The number of carbonyl (C=O) groups is 1. The fourth-order valence-electron chi connectivity index (χ4n) is 1.76. The quantitative estimate of drug-likeness (QED) is 0.445. The largest absolute Gasteiger partial charge is 0.484 e. The molecule has 0 spiro atoms. The van der Waals surface area contributed by atoms with Crippen LogP contribution in [0.3, 0.4) is 0 Å². The molecule has 4 nitrogen and oxygen atoms in total. The number of hydrazone groups is 1. The van der Waals surface area contributed by atoms with E-state index in [1.807, 2.05) is 44.2 Å². The number of carbonyl (C=O) groups excluding carboxylic acids is 1. The number of amides is 1. The van der Waals surface area contributed by atoms with E-state index in [-0.39, 0.29) is 12.5 Å². The van der Waals surface area contributed by atoms with Crippen molar-refractivity contribution in [3.8, 4) is 5.75 Å². The Bertz CT molecular complexity index is 580. The summed E-state index contributed by atoms with van der Waals surface area (Å²) in [6.45, 7) is 8.18. The second-order valence-electron chi connectivity index (χ2n) is 5.75. The third-order valence-corrected chi connectivity index (χ3v) is 3.11. The number of nitrogens with one attached hydrogen (secondary N) is 1. The van der Waals surface area contributed by atoms with Gasteiger partial charge >= 0.3 is 0 Å². The van der Waals surface area contributed by atoms with Crippen LogP contribution in [0, 0.1) is 6.92 Å². The molecule has 0 aliphatic heterocycles. The number of nitrogens with zero attached hydrogens (tertiary/aromatic N) is 1. The number of hydrogen-bond donors (Lipinski definition) is 1. The number of allylic oxidation sites excluding steroid dienone is 4. The first-order chi connectivity index (χ1) is 11.0. The maximum absolute atomic E-state index is 11.6. The first-order valence-electron chi connectivity index (χ1n) is 7.78. The molecule has 0 bridgehead atoms. The Morgan fingerprint density at radius 1 is 1.22 bits per heavy atom. The third kappa shape index (κ3) is 9.30. The molecule has 0 fully saturated rings. The van der Waals surface area contributed by atoms with Gasteiger partial charge in [-0.25, -0.2) is 5.43 Å². The predicted molar refractivity (Wildman–Crippen MR) is 95.7 cm³/mol. The molecule has 1 aromatic rings. The van der Waals surface area contributed by atoms with Crippen molar-refractivity contribution < 1.29 is 9.53 Å². The Hall–Kier alpha value is -2.36. The van der Waals surface area contributed by atoms with Crippen LogP contribution in [-0.2, 0) is 4.79 Å². The Morgan fingerprint density at radius 3 is 2.57 bits per heavy atom. The normalized spacial score (nSPS) is 11.4. The average Bonchev–Trinajstić information content (AvgIpc) is 2.50. The van der Waals surface area contributed by atoms with Crippen LogP contribution in [0.25, 0.3) is 0 Å². The van der Waals surface area contributed by atoms with Crippen LogP contribution in [0.15, 0.2) is 52.7 Å². The van der Waals surface area contributed by atoms with Gasteiger partial charge in [0.25, 0.3) is 5.91 Å². The van der Waals surface area contributed by atoms with Gasteiger partial charge in [0.05, 0.1) is 0 Å². The number of ether oxygens (including phenoxy) is 1. The summed E-state index contributed by atoms with van der Waals surface area (Å²) in [5, 5.41) is 3.88. The van der Waals surface area contributed by atoms with Crippen molar-refractivity contribution >= 4 is 12.1 Å². The van der Waals surface area contributed by atoms with E-state index >= 15 is 0 Å². The molecule has 0 aliphatic rings. The van der Waals surface area contributed by atoms with Crippen LogP contribution in [0.1, 0.15) is 39.2 Å². The maximum Gasteiger partial charge on any atom is 0.277 e. The lowest BCUT2D eigenvalue weighted by Gasteiger charge is -2.04. The molecule has 0 aliphatic carbocycles. The van der Waals surface area contributed by atoms with Crippen LogP contribution < -0.4 is 10.2 Å². The van der Waals surface area contributed by atoms with E-state index in [9.17, 15) is 4.79 Å². The number of benzene rings is 1. The van der Waals surface area contributed by atoms with Gasteiger partial charge in [-0.1, -0.05) is 34.9 Å². The van der Waals surface area contributed by atoms with E-state index in [1.54, 1.807) is 6.21 Å². The summed E-state index contributed by atoms with van der Waals surface area (Å²) in [5.41, 5.74) is 6.14. The molecule has 23 heavy (non-hydrogen) atoms. The molecule has 0 heterocycles. The SMILES string of the molecule is CC(C)=CCC/C(C)=C/C=N/NC(=O)COc1ccc(C)cc1. The molecule has 0 atom stereocenters. The second-order valence-corrected chi connectivity index (χ2v) is 5.75. The zero-order valence-corrected chi connectivity index (χ0v) is 14.4. The highest BCUT2D eigenvalue weighted by atomic mass is 16.5. The Morgan fingerprint density at radius 2 is 1.91 bits per heavy atom. The highest BCUT2D eigenvalue weighted by Gasteiger charge is 2.00. The zero-order valence-electron chi connectivity index (χ0n) is 14.4. The summed E-state index contributed by atoms with van der Waals surface area (Å²) >= 11 is 0. The molecule has 124 valence electrons. The fraction of sp³-hybridized carbons (Fsp3) is 0.368. The number of rotatable bonds is 8. The van der Waals surface area contributed by atoms with Gasteiger partial charge in [0.15, 0.2) is 6.61 Å². The molecular weight excluding hydrogens is 288 g/mol. The molecule has 1 amide bonds. The van der Waals surface area contributed by atoms with Crippen molar-refractivity contribution in [1.29, 1.82) is 0 Å². The van der Waals surface area contributed by atoms with Gasteiger partial charge in [-0.15, -0.1) is 0 Å². The van der Waals surface area contributed by atoms with Crippen molar-refractivity contribution in [2.24, 2.45) is 5.10 Å². The minimum absolute atomic E-state index is 0.0519. The van der Waals surface area contributed by atoms with Crippen molar-refractivity contribution in [3.63, 3.8) is 0 Å². The van der Waals surface area contributed by atoms with Crippen LogP contribution >= 0.6 is 0 Å². The van der Waals surface area contributed by atoms with Crippen LogP contribution in [0.4, 0.5) is 0 Å². The summed E-state index contributed by atoms with van der Waals surface area (Å²) in [5.74, 6) is 0.391. The van der Waals surface area contributed by atoms with Crippen LogP contribution in [0.5, 0.6) is 5.75 Å². The standard InChI is InChI=1S/C19H26N2O2/c1-15(2)6-5-7-16(3)12-13-20-21-19(22)14-23-18-10-8-17(4)9-11-18/h6,8-13H,5,7,14H2,1-4H3,(H,21,22)/b16-12+,20-13+. The number of aryl methyl sites for hydroxylation is 1. The Balaban J connectivity index is 2.26. The Labute approximate surface area is 138 Å². The number of hydrogen-bond acceptors (Lipinski definition) is 3. The second kappa shape index (κ2) is 10.4. The van der Waals surface area contributed by atoms with Gasteiger partial charge in [0, 0.05) is 6.21 Å². The van der Waals surface area contributed by atoms with Gasteiger partial charge in [-0.2, -0.15) is 5.10 Å². The molecule has 1 N–H and O–H groups in total. The van der Waals surface area contributed by atoms with Crippen LogP contribution in [-0.4, -0.2) is 18.7 Å². The molecule has 0 unspecified atom stereocenters. The summed E-state index contributed by atoms with van der Waals surface area (Å²) in [6, 6.07) is 7.55. The zero-order chi connectivity index (χ0) is 17.1. The molecule has 4 heteroatoms. The molecule has 1 rings (SSSR count). The fourth-order valence-corrected chi connectivity index (χ4v) is 1.76. The first-order valence-corrected chi connectivity index (χ1v) is 7.78. The summed E-state index contributed by atoms with van der Waals surface area (Å²) < 4.78 is 5.37. The molecular formula is C19H26N2O2. The van der Waals surface area contributed by atoms with Crippen molar-refractivity contribution in [1.82, 2.24) is 5.43 Å². The van der Waals surface area contributed by atoms with E-state index in [1.165, 1.54) is 11.1 Å². The summed E-state index contributed by atoms with van der Waals surface area (Å²) in [6.07, 6.45) is 7.72. The maximum atomic E-state index is 11.6.